The predicted molar refractivity (Wildman–Crippen MR) is 274 cm³/mol. The quantitative estimate of drug-likeness (QED) is 0.165. The summed E-state index contributed by atoms with van der Waals surface area (Å²) in [5.41, 5.74) is 8.58. The van der Waals surface area contributed by atoms with Gasteiger partial charge in [0.05, 0.1) is 24.7 Å². The molecule has 0 bridgehead atoms. The van der Waals surface area contributed by atoms with Gasteiger partial charge in [0.15, 0.2) is 11.6 Å². The van der Waals surface area contributed by atoms with Gasteiger partial charge in [-0.15, -0.1) is 0 Å². The summed E-state index contributed by atoms with van der Waals surface area (Å²) in [5.74, 6) is 1.46. The van der Waals surface area contributed by atoms with Gasteiger partial charge in [-0.25, -0.2) is 0 Å². The Morgan fingerprint density at radius 1 is 0.906 bits per heavy atom. The molecule has 3 unspecified atom stereocenters. The molecule has 0 heterocycles. The summed E-state index contributed by atoms with van der Waals surface area (Å²) in [7, 11) is 5.15. The van der Waals surface area contributed by atoms with Gasteiger partial charge < -0.3 is 14.4 Å². The van der Waals surface area contributed by atoms with E-state index in [2.05, 4.69) is 109 Å². The minimum absolute atomic E-state index is 0.0671. The maximum atomic E-state index is 13.3. The van der Waals surface area contributed by atoms with E-state index in [0.29, 0.717) is 28.2 Å². The zero-order valence-corrected chi connectivity index (χ0v) is 48.5. The molecule has 4 aliphatic carbocycles. The van der Waals surface area contributed by atoms with Gasteiger partial charge in [0.1, 0.15) is 17.4 Å². The summed E-state index contributed by atoms with van der Waals surface area (Å²) in [6, 6.07) is 4.50. The minimum atomic E-state index is -4.61. The van der Waals surface area contributed by atoms with Crippen LogP contribution < -0.4 is 18.4 Å². The third-order valence-corrected chi connectivity index (χ3v) is 23.6. The average Bonchev–Trinajstić information content (AvgIpc) is 3.85. The molecule has 64 heavy (non-hydrogen) atoms. The summed E-state index contributed by atoms with van der Waals surface area (Å²) >= 11 is 8.80. The van der Waals surface area contributed by atoms with Crippen LogP contribution in [0.5, 0.6) is 5.75 Å². The van der Waals surface area contributed by atoms with Gasteiger partial charge in [0.25, 0.3) is 0 Å². The fourth-order valence-electron chi connectivity index (χ4n) is 10.3. The van der Waals surface area contributed by atoms with Crippen molar-refractivity contribution in [1.82, 2.24) is 0 Å². The van der Waals surface area contributed by atoms with Crippen LogP contribution in [0.3, 0.4) is 0 Å². The van der Waals surface area contributed by atoms with Crippen LogP contribution in [-0.2, 0) is 30.2 Å². The van der Waals surface area contributed by atoms with E-state index in [1.54, 1.807) is 28.2 Å². The number of alkyl halides is 3. The fourth-order valence-corrected chi connectivity index (χ4v) is 19.0. The Balaban J connectivity index is 0.000000182. The number of ketones is 3. The van der Waals surface area contributed by atoms with Gasteiger partial charge in [0, 0.05) is 53.9 Å². The summed E-state index contributed by atoms with van der Waals surface area (Å²) in [6.07, 6.45) is 4.38. The molecular formula is C50H67BrClF3INO5SiSn. The molecule has 0 saturated heterocycles. The first kappa shape index (κ1) is 53.5. The van der Waals surface area contributed by atoms with E-state index in [1.165, 1.54) is 83.0 Å². The second kappa shape index (κ2) is 20.6. The molecule has 3 atom stereocenters. The molecule has 352 valence electrons. The van der Waals surface area contributed by atoms with E-state index in [0.717, 1.165) is 24.8 Å². The summed E-state index contributed by atoms with van der Waals surface area (Å²) < 4.78 is 51.0. The Labute approximate surface area is 412 Å². The number of methoxy groups -OCH3 is 2. The number of anilines is 1. The number of hydrogen-bond acceptors (Lipinski definition) is 6. The van der Waals surface area contributed by atoms with Crippen LogP contribution in [-0.4, -0.2) is 78.2 Å². The molecule has 0 radical (unpaired) electrons. The number of fused-ring (bicyclic) bond motifs is 3. The van der Waals surface area contributed by atoms with Crippen molar-refractivity contribution >= 4 is 108 Å². The molecule has 6 nitrogen and oxygen atoms in total. The van der Waals surface area contributed by atoms with Crippen molar-refractivity contribution in [3.8, 4) is 5.75 Å². The van der Waals surface area contributed by atoms with Crippen LogP contribution in [0.25, 0.3) is 0 Å². The standard InChI is InChI=1S/C19H25O.C16H24ClNOSi.C12H9BrF3IO3.3CH3.Sn/c1-12(2)16-11-17-15(19(16)20)10-9-13(3)18(17)14-7-5-4-6-8-14;1-7-10-8-11-14(16(10)19)12(17)9-13(20(4,5)6)15(11)18(2)3;1-19-5-3-4-6(10(5)18)9(17)7(12(14,15)16)11(20-2)8(4)13;;;;/h9,12,14,16H,4-8,11H2,1-3H3;9-10H,7-8H2,1-6H3;5H,3H2,1-2H3;3*1H3;. The number of Topliss-reactive ketones (excluding diaryl/α,β-unsaturated/α-hetero) is 3. The number of hydrogen-bond donors (Lipinski definition) is 0. The van der Waals surface area contributed by atoms with Crippen molar-refractivity contribution < 1.29 is 37.0 Å². The molecule has 0 amide bonds. The Morgan fingerprint density at radius 3 is 2.00 bits per heavy atom. The van der Waals surface area contributed by atoms with Gasteiger partial charge in [-0.1, -0.05) is 38.2 Å². The number of carbonyl (C=O) groups is 3. The van der Waals surface area contributed by atoms with Crippen molar-refractivity contribution in [2.75, 3.05) is 33.2 Å². The van der Waals surface area contributed by atoms with E-state index in [9.17, 15) is 27.6 Å². The van der Waals surface area contributed by atoms with Gasteiger partial charge >= 0.3 is 159 Å². The first-order valence-electron chi connectivity index (χ1n) is 22.6. The molecule has 3 aromatic carbocycles. The molecule has 1 saturated carbocycles. The van der Waals surface area contributed by atoms with Crippen molar-refractivity contribution in [2.45, 2.75) is 138 Å². The Kier molecular flexibility index (Phi) is 17.2. The number of carbonyl (C=O) groups excluding carboxylic acids is 3. The second-order valence-electron chi connectivity index (χ2n) is 20.6. The molecule has 14 heteroatoms. The monoisotopic (exact) mass is 1210 g/mol. The zero-order chi connectivity index (χ0) is 48.1. The number of ether oxygens (including phenoxy) is 2. The average molecular weight is 1210 g/mol. The molecule has 3 aromatic rings. The summed E-state index contributed by atoms with van der Waals surface area (Å²) in [5, 5.41) is 2.01. The van der Waals surface area contributed by atoms with Crippen molar-refractivity contribution in [1.29, 1.82) is 0 Å². The van der Waals surface area contributed by atoms with Gasteiger partial charge in [0.2, 0.25) is 0 Å². The van der Waals surface area contributed by atoms with Gasteiger partial charge in [-0.3, -0.25) is 9.59 Å². The Morgan fingerprint density at radius 2 is 1.52 bits per heavy atom. The summed E-state index contributed by atoms with van der Waals surface area (Å²) in [4.78, 5) is 47.4. The van der Waals surface area contributed by atoms with E-state index in [1.807, 2.05) is 0 Å². The number of benzene rings is 3. The first-order valence-corrected chi connectivity index (χ1v) is 38.4. The zero-order valence-electron chi connectivity index (χ0n) is 40.2. The number of halogens is 6. The first-order chi connectivity index (χ1) is 29.6. The van der Waals surface area contributed by atoms with Crippen molar-refractivity contribution in [3.05, 3.63) is 75.3 Å². The van der Waals surface area contributed by atoms with E-state index >= 15 is 0 Å². The Hall–Kier alpha value is -1.46. The SMILES string of the molecule is CCC1Cc2c(c(Cl)cc([Si](C)(C)C)c2N(C)C)C1=O.COc1c(Br)c2c(c(I)c1C(F)(F)F)C(=O)C(OC)C2.Cc1c[c]([Sn]([CH3])([CH3])[CH3])c2c(c1C1CCCCC1)CC(C(C)C)C2=O. The Bertz CT molecular complexity index is 2320. The fraction of sp³-hybridized carbons (Fsp3) is 0.580. The van der Waals surface area contributed by atoms with E-state index < -0.39 is 50.1 Å². The van der Waals surface area contributed by atoms with Crippen molar-refractivity contribution in [2.24, 2.45) is 17.8 Å². The third kappa shape index (κ3) is 10.6. The van der Waals surface area contributed by atoms with E-state index in [-0.39, 0.29) is 43.4 Å². The topological polar surface area (TPSA) is 72.9 Å². The molecular weight excluding hydrogens is 1140 g/mol. The van der Waals surface area contributed by atoms with Gasteiger partial charge in [-0.05, 0) is 73.7 Å². The molecule has 0 N–H and O–H groups in total. The number of aryl methyl sites for hydroxylation is 1. The van der Waals surface area contributed by atoms with E-state index in [4.69, 9.17) is 21.1 Å². The second-order valence-corrected chi connectivity index (χ2v) is 42.3. The number of rotatable bonds is 8. The molecule has 0 aliphatic heterocycles. The molecule has 4 aliphatic rings. The van der Waals surface area contributed by atoms with Gasteiger partial charge in [-0.2, -0.15) is 13.2 Å². The normalized spacial score (nSPS) is 19.8. The summed E-state index contributed by atoms with van der Waals surface area (Å²) in [6.45, 7) is 15.8. The van der Waals surface area contributed by atoms with Crippen LogP contribution in [0, 0.1) is 28.2 Å². The number of nitrogens with zero attached hydrogens (tertiary/aromatic N) is 1. The van der Waals surface area contributed by atoms with Crippen LogP contribution in [0.4, 0.5) is 18.9 Å². The van der Waals surface area contributed by atoms with Crippen LogP contribution in [0.2, 0.25) is 39.5 Å². The van der Waals surface area contributed by atoms with Crippen molar-refractivity contribution in [3.63, 3.8) is 0 Å². The van der Waals surface area contributed by atoms with Crippen LogP contribution >= 0.6 is 50.1 Å². The maximum absolute atomic E-state index is 13.3. The van der Waals surface area contributed by atoms with Crippen LogP contribution in [0.1, 0.15) is 130 Å². The van der Waals surface area contributed by atoms with Crippen LogP contribution in [0.15, 0.2) is 16.6 Å². The molecule has 1 fully saturated rings. The molecule has 7 rings (SSSR count). The molecule has 0 aromatic heterocycles. The molecule has 0 spiro atoms. The predicted octanol–water partition coefficient (Wildman–Crippen LogP) is 13.2. The third-order valence-electron chi connectivity index (χ3n) is 13.6.